The molecule has 0 saturated carbocycles. The van der Waals surface area contributed by atoms with Crippen molar-refractivity contribution < 1.29 is 17.9 Å². The van der Waals surface area contributed by atoms with Crippen molar-refractivity contribution in [1.82, 2.24) is 0 Å². The largest absolute Gasteiger partial charge is 0.486 e. The smallest absolute Gasteiger partial charge is 0.217 e. The molecule has 0 fully saturated rings. The van der Waals surface area contributed by atoms with Gasteiger partial charge in [-0.1, -0.05) is 22.0 Å². The van der Waals surface area contributed by atoms with Gasteiger partial charge in [-0.15, -0.1) is 0 Å². The van der Waals surface area contributed by atoms with Crippen molar-refractivity contribution in [1.29, 1.82) is 5.26 Å². The van der Waals surface area contributed by atoms with Crippen molar-refractivity contribution in [3.8, 4) is 17.6 Å². The molecule has 1 aliphatic rings. The van der Waals surface area contributed by atoms with Gasteiger partial charge < -0.3 is 9.47 Å². The molecule has 3 rings (SSSR count). The van der Waals surface area contributed by atoms with E-state index in [1.54, 1.807) is 36.4 Å². The Morgan fingerprint density at radius 3 is 2.52 bits per heavy atom. The van der Waals surface area contributed by atoms with Crippen molar-refractivity contribution in [2.45, 2.75) is 4.90 Å². The van der Waals surface area contributed by atoms with Crippen LogP contribution in [-0.4, -0.2) is 21.6 Å². The Morgan fingerprint density at radius 1 is 1.08 bits per heavy atom. The van der Waals surface area contributed by atoms with Gasteiger partial charge in [-0.05, 0) is 57.9 Å². The summed E-state index contributed by atoms with van der Waals surface area (Å²) in [6.45, 7) is 0.894. The molecule has 0 aliphatic carbocycles. The molecule has 0 unspecified atom stereocenters. The fraction of sp³-hybridized carbons (Fsp3) is 0.118. The normalized spacial score (nSPS) is 14.0. The van der Waals surface area contributed by atoms with Crippen LogP contribution in [0.4, 0.5) is 0 Å². The summed E-state index contributed by atoms with van der Waals surface area (Å²) >= 11 is 6.48. The molecule has 0 saturated heterocycles. The number of ether oxygens (including phenoxy) is 2. The Hall–Kier alpha value is -1.82. The van der Waals surface area contributed by atoms with E-state index in [-0.39, 0.29) is 9.80 Å². The summed E-state index contributed by atoms with van der Waals surface area (Å²) in [7, 11) is -3.97. The predicted molar refractivity (Wildman–Crippen MR) is 100 cm³/mol. The van der Waals surface area contributed by atoms with Crippen LogP contribution in [0.25, 0.3) is 6.08 Å². The standard InChI is InChI=1S/C17H11Br2NO4S/c18-12-2-3-14(19)17(9-12)25(21,22)13(10-20)7-11-1-4-15-16(8-11)24-6-5-23-15/h1-4,7-9H,5-6H2/b13-7-. The van der Waals surface area contributed by atoms with E-state index in [9.17, 15) is 13.7 Å². The zero-order chi connectivity index (χ0) is 18.0. The summed E-state index contributed by atoms with van der Waals surface area (Å²) in [5, 5.41) is 9.40. The van der Waals surface area contributed by atoms with Crippen LogP contribution in [0.1, 0.15) is 5.56 Å². The van der Waals surface area contributed by atoms with Crippen LogP contribution in [0, 0.1) is 11.3 Å². The van der Waals surface area contributed by atoms with Crippen LogP contribution < -0.4 is 9.47 Å². The maximum absolute atomic E-state index is 12.8. The molecular weight excluding hydrogens is 474 g/mol. The van der Waals surface area contributed by atoms with Gasteiger partial charge in [-0.2, -0.15) is 5.26 Å². The van der Waals surface area contributed by atoms with Gasteiger partial charge in [0.15, 0.2) is 11.5 Å². The van der Waals surface area contributed by atoms with E-state index in [2.05, 4.69) is 31.9 Å². The maximum Gasteiger partial charge on any atom is 0.217 e. The first-order valence-electron chi connectivity index (χ1n) is 7.13. The minimum Gasteiger partial charge on any atom is -0.486 e. The van der Waals surface area contributed by atoms with E-state index in [0.29, 0.717) is 39.2 Å². The average Bonchev–Trinajstić information content (AvgIpc) is 2.61. The van der Waals surface area contributed by atoms with Crippen LogP contribution >= 0.6 is 31.9 Å². The van der Waals surface area contributed by atoms with Gasteiger partial charge in [0.1, 0.15) is 24.2 Å². The first-order chi connectivity index (χ1) is 11.9. The van der Waals surface area contributed by atoms with Crippen molar-refractivity contribution in [2.24, 2.45) is 0 Å². The Labute approximate surface area is 162 Å². The topological polar surface area (TPSA) is 76.4 Å². The van der Waals surface area contributed by atoms with E-state index >= 15 is 0 Å². The minimum absolute atomic E-state index is 0.0206. The Kier molecular flexibility index (Phi) is 5.18. The highest BCUT2D eigenvalue weighted by atomic mass is 79.9. The van der Waals surface area contributed by atoms with E-state index in [1.165, 1.54) is 12.1 Å². The van der Waals surface area contributed by atoms with Crippen LogP contribution in [0.15, 0.2) is 55.1 Å². The SMILES string of the molecule is N#C/C(=C/c1ccc2c(c1)OCCO2)S(=O)(=O)c1cc(Br)ccc1Br. The van der Waals surface area contributed by atoms with Gasteiger partial charge in [0, 0.05) is 8.95 Å². The van der Waals surface area contributed by atoms with E-state index in [0.717, 1.165) is 0 Å². The Morgan fingerprint density at radius 2 is 1.80 bits per heavy atom. The van der Waals surface area contributed by atoms with Crippen LogP contribution in [-0.2, 0) is 9.84 Å². The molecule has 1 heterocycles. The number of hydrogen-bond donors (Lipinski definition) is 0. The molecule has 0 atom stereocenters. The third-order valence-corrected chi connectivity index (χ3v) is 6.60. The quantitative estimate of drug-likeness (QED) is 0.606. The summed E-state index contributed by atoms with van der Waals surface area (Å²) in [5.74, 6) is 1.12. The second-order valence-corrected chi connectivity index (χ2v) is 8.76. The van der Waals surface area contributed by atoms with Gasteiger partial charge >= 0.3 is 0 Å². The number of fused-ring (bicyclic) bond motifs is 1. The molecule has 0 aromatic heterocycles. The predicted octanol–water partition coefficient (Wildman–Crippen LogP) is 4.32. The third kappa shape index (κ3) is 3.73. The number of rotatable bonds is 3. The number of nitrogens with zero attached hydrogens (tertiary/aromatic N) is 1. The highest BCUT2D eigenvalue weighted by Crippen LogP contribution is 2.33. The van der Waals surface area contributed by atoms with Crippen molar-refractivity contribution in [2.75, 3.05) is 13.2 Å². The molecule has 128 valence electrons. The highest BCUT2D eigenvalue weighted by molar-refractivity contribution is 9.11. The molecule has 8 heteroatoms. The van der Waals surface area contributed by atoms with Gasteiger partial charge in [0.05, 0.1) is 4.90 Å². The molecule has 0 N–H and O–H groups in total. The van der Waals surface area contributed by atoms with Crippen LogP contribution in [0.3, 0.4) is 0 Å². The number of allylic oxidation sites excluding steroid dienone is 1. The van der Waals surface area contributed by atoms with Crippen molar-refractivity contribution in [3.63, 3.8) is 0 Å². The second-order valence-electron chi connectivity index (χ2n) is 5.10. The van der Waals surface area contributed by atoms with E-state index in [4.69, 9.17) is 9.47 Å². The molecule has 0 amide bonds. The molecule has 0 bridgehead atoms. The number of hydrogen-bond acceptors (Lipinski definition) is 5. The van der Waals surface area contributed by atoms with Crippen LogP contribution in [0.2, 0.25) is 0 Å². The molecule has 1 aliphatic heterocycles. The molecule has 0 radical (unpaired) electrons. The van der Waals surface area contributed by atoms with E-state index in [1.807, 2.05) is 0 Å². The molecule has 25 heavy (non-hydrogen) atoms. The lowest BCUT2D eigenvalue weighted by atomic mass is 10.2. The molecule has 2 aromatic rings. The third-order valence-electron chi connectivity index (χ3n) is 3.45. The molecule has 2 aromatic carbocycles. The summed E-state index contributed by atoms with van der Waals surface area (Å²) in [6, 6.07) is 11.6. The second kappa shape index (κ2) is 7.20. The summed E-state index contributed by atoms with van der Waals surface area (Å²) < 4.78 is 37.6. The van der Waals surface area contributed by atoms with Crippen LogP contribution in [0.5, 0.6) is 11.5 Å². The summed E-state index contributed by atoms with van der Waals surface area (Å²) in [6.07, 6.45) is 1.32. The number of halogens is 2. The first kappa shape index (κ1) is 18.0. The number of sulfone groups is 1. The molecular formula is C17H11Br2NO4S. The lowest BCUT2D eigenvalue weighted by Crippen LogP contribution is -2.15. The summed E-state index contributed by atoms with van der Waals surface area (Å²) in [5.41, 5.74) is 0.537. The molecule has 5 nitrogen and oxygen atoms in total. The van der Waals surface area contributed by atoms with Crippen molar-refractivity contribution in [3.05, 3.63) is 55.8 Å². The fourth-order valence-corrected chi connectivity index (χ4v) is 4.93. The minimum atomic E-state index is -3.97. The number of nitriles is 1. The maximum atomic E-state index is 12.8. The lowest BCUT2D eigenvalue weighted by molar-refractivity contribution is 0.171. The molecule has 0 spiro atoms. The monoisotopic (exact) mass is 483 g/mol. The van der Waals surface area contributed by atoms with Gasteiger partial charge in [0.25, 0.3) is 0 Å². The fourth-order valence-electron chi connectivity index (χ4n) is 2.27. The van der Waals surface area contributed by atoms with E-state index < -0.39 is 9.84 Å². The Bertz CT molecular complexity index is 1010. The summed E-state index contributed by atoms with van der Waals surface area (Å²) in [4.78, 5) is -0.338. The van der Waals surface area contributed by atoms with Crippen molar-refractivity contribution >= 4 is 47.8 Å². The van der Waals surface area contributed by atoms with Gasteiger partial charge in [-0.25, -0.2) is 8.42 Å². The average molecular weight is 485 g/mol. The van der Waals surface area contributed by atoms with Gasteiger partial charge in [0.2, 0.25) is 9.84 Å². The highest BCUT2D eigenvalue weighted by Gasteiger charge is 2.24. The zero-order valence-electron chi connectivity index (χ0n) is 12.7. The lowest BCUT2D eigenvalue weighted by Gasteiger charge is -2.18. The Balaban J connectivity index is 2.06. The first-order valence-corrected chi connectivity index (χ1v) is 10.2. The van der Waals surface area contributed by atoms with Gasteiger partial charge in [-0.3, -0.25) is 0 Å². The zero-order valence-corrected chi connectivity index (χ0v) is 16.7. The number of benzene rings is 2.